The second kappa shape index (κ2) is 11.5. The number of halogens is 8. The molecule has 0 unspecified atom stereocenters. The molecule has 204 valence electrons. The Labute approximate surface area is 219 Å². The van der Waals surface area contributed by atoms with Crippen LogP contribution in [-0.2, 0) is 25.4 Å². The highest BCUT2D eigenvalue weighted by Crippen LogP contribution is 2.36. The zero-order chi connectivity index (χ0) is 28.3. The van der Waals surface area contributed by atoms with E-state index in [0.717, 1.165) is 24.5 Å². The molecule has 0 heterocycles. The lowest BCUT2D eigenvalue weighted by atomic mass is 9.98. The quantitative estimate of drug-likeness (QED) is 0.149. The monoisotopic (exact) mass is 550 g/mol. The van der Waals surface area contributed by atoms with E-state index in [4.69, 9.17) is 0 Å². The van der Waals surface area contributed by atoms with Gasteiger partial charge in [0.25, 0.3) is 0 Å². The number of benzene rings is 4. The Morgan fingerprint density at radius 3 is 1.79 bits per heavy atom. The van der Waals surface area contributed by atoms with Crippen molar-refractivity contribution in [3.8, 4) is 16.9 Å². The predicted molar refractivity (Wildman–Crippen MR) is 130 cm³/mol. The molecular weight excluding hydrogens is 528 g/mol. The third-order valence-electron chi connectivity index (χ3n) is 6.22. The molecule has 4 rings (SSSR count). The molecule has 39 heavy (non-hydrogen) atoms. The van der Waals surface area contributed by atoms with Gasteiger partial charge in [-0.25, -0.2) is 26.3 Å². The van der Waals surface area contributed by atoms with Gasteiger partial charge in [0.1, 0.15) is 17.1 Å². The van der Waals surface area contributed by atoms with Gasteiger partial charge in [-0.3, -0.25) is 0 Å². The van der Waals surface area contributed by atoms with Crippen molar-refractivity contribution in [1.29, 1.82) is 0 Å². The smallest absolute Gasteiger partial charge is 0.429 e. The summed E-state index contributed by atoms with van der Waals surface area (Å²) in [4.78, 5) is 0. The summed E-state index contributed by atoms with van der Waals surface area (Å²) in [6, 6.07) is 14.0. The lowest BCUT2D eigenvalue weighted by molar-refractivity contribution is -0.188. The Morgan fingerprint density at radius 1 is 0.590 bits per heavy atom. The molecule has 0 N–H and O–H groups in total. The zero-order valence-electron chi connectivity index (χ0n) is 20.6. The molecule has 0 amide bonds. The van der Waals surface area contributed by atoms with E-state index >= 15 is 0 Å². The Kier molecular flexibility index (Phi) is 8.28. The van der Waals surface area contributed by atoms with Gasteiger partial charge in [0.05, 0.1) is 0 Å². The van der Waals surface area contributed by atoms with Crippen LogP contribution in [-0.4, -0.2) is 0 Å². The Bertz CT molecular complexity index is 1460. The van der Waals surface area contributed by atoms with Crippen LogP contribution >= 0.6 is 0 Å². The van der Waals surface area contributed by atoms with Crippen LogP contribution in [0.4, 0.5) is 35.1 Å². The molecule has 9 heteroatoms. The maximum atomic E-state index is 14.8. The molecule has 0 aliphatic rings. The highest BCUT2D eigenvalue weighted by atomic mass is 19.3. The van der Waals surface area contributed by atoms with Crippen LogP contribution in [0, 0.1) is 34.9 Å². The average molecular weight is 550 g/mol. The first-order chi connectivity index (χ1) is 18.5. The second-order valence-corrected chi connectivity index (χ2v) is 8.97. The molecule has 1 nitrogen and oxygen atoms in total. The van der Waals surface area contributed by atoms with E-state index in [2.05, 4.69) is 11.7 Å². The fourth-order valence-electron chi connectivity index (χ4n) is 4.15. The van der Waals surface area contributed by atoms with Gasteiger partial charge in [-0.1, -0.05) is 55.8 Å². The molecule has 0 aliphatic heterocycles. The highest BCUT2D eigenvalue weighted by molar-refractivity contribution is 5.64. The first-order valence-corrected chi connectivity index (χ1v) is 12.1. The van der Waals surface area contributed by atoms with Crippen LogP contribution < -0.4 is 4.74 Å². The Hall–Kier alpha value is -3.88. The van der Waals surface area contributed by atoms with Gasteiger partial charge in [0.15, 0.2) is 29.1 Å². The number of hydrogen-bond acceptors (Lipinski definition) is 1. The molecule has 0 aliphatic carbocycles. The van der Waals surface area contributed by atoms with E-state index < -0.39 is 52.3 Å². The van der Waals surface area contributed by atoms with Crippen molar-refractivity contribution in [3.63, 3.8) is 0 Å². The molecule has 0 saturated carbocycles. The summed E-state index contributed by atoms with van der Waals surface area (Å²) < 4.78 is 117. The Balaban J connectivity index is 1.48. The van der Waals surface area contributed by atoms with Crippen LogP contribution in [0.2, 0.25) is 0 Å². The SMILES string of the molecule is CCCc1ccc(-c2ccc(CCc3ccc(C(F)(F)Oc4cc(F)c(F)c(F)c4)c(F)c3F)c(F)c2)cc1. The summed E-state index contributed by atoms with van der Waals surface area (Å²) in [6.45, 7) is 2.07. The summed E-state index contributed by atoms with van der Waals surface area (Å²) in [7, 11) is 0. The minimum atomic E-state index is -4.54. The number of alkyl halides is 2. The summed E-state index contributed by atoms with van der Waals surface area (Å²) in [5, 5.41) is 0. The zero-order valence-corrected chi connectivity index (χ0v) is 20.6. The molecule has 0 bridgehead atoms. The molecule has 0 atom stereocenters. The van der Waals surface area contributed by atoms with Crippen molar-refractivity contribution in [2.45, 2.75) is 38.7 Å². The fourth-order valence-corrected chi connectivity index (χ4v) is 4.15. The van der Waals surface area contributed by atoms with Crippen LogP contribution in [0.5, 0.6) is 5.75 Å². The topological polar surface area (TPSA) is 9.23 Å². The molecule has 4 aromatic rings. The van der Waals surface area contributed by atoms with Crippen molar-refractivity contribution in [2.24, 2.45) is 0 Å². The van der Waals surface area contributed by atoms with Gasteiger partial charge in [-0.15, -0.1) is 0 Å². The maximum Gasteiger partial charge on any atom is 0.429 e. The minimum Gasteiger partial charge on any atom is -0.429 e. The normalized spacial score (nSPS) is 11.6. The van der Waals surface area contributed by atoms with E-state index in [1.165, 1.54) is 17.7 Å². The molecule has 0 radical (unpaired) electrons. The van der Waals surface area contributed by atoms with Crippen LogP contribution in [0.15, 0.2) is 66.7 Å². The van der Waals surface area contributed by atoms with Crippen molar-refractivity contribution in [1.82, 2.24) is 0 Å². The van der Waals surface area contributed by atoms with Crippen molar-refractivity contribution < 1.29 is 39.9 Å². The van der Waals surface area contributed by atoms with Crippen molar-refractivity contribution in [3.05, 3.63) is 124 Å². The molecule has 4 aromatic carbocycles. The van der Waals surface area contributed by atoms with E-state index in [-0.39, 0.29) is 36.1 Å². The van der Waals surface area contributed by atoms with Crippen LogP contribution in [0.25, 0.3) is 11.1 Å². The lowest BCUT2D eigenvalue weighted by Crippen LogP contribution is -2.24. The maximum absolute atomic E-state index is 14.8. The molecule has 0 aromatic heterocycles. The minimum absolute atomic E-state index is 0.0434. The van der Waals surface area contributed by atoms with Gasteiger partial charge < -0.3 is 4.74 Å². The molecule has 0 fully saturated rings. The van der Waals surface area contributed by atoms with E-state index in [9.17, 15) is 35.1 Å². The number of hydrogen-bond donors (Lipinski definition) is 0. The fraction of sp³-hybridized carbons (Fsp3) is 0.200. The lowest BCUT2D eigenvalue weighted by Gasteiger charge is -2.20. The van der Waals surface area contributed by atoms with Crippen molar-refractivity contribution in [2.75, 3.05) is 0 Å². The first-order valence-electron chi connectivity index (χ1n) is 12.1. The van der Waals surface area contributed by atoms with Gasteiger partial charge in [-0.05, 0) is 59.2 Å². The van der Waals surface area contributed by atoms with E-state index in [1.54, 1.807) is 6.07 Å². The second-order valence-electron chi connectivity index (χ2n) is 8.97. The number of aryl methyl sites for hydroxylation is 3. The molecule has 0 saturated heterocycles. The summed E-state index contributed by atoms with van der Waals surface area (Å²) >= 11 is 0. The van der Waals surface area contributed by atoms with Gasteiger partial charge in [-0.2, -0.15) is 8.78 Å². The van der Waals surface area contributed by atoms with Crippen molar-refractivity contribution >= 4 is 0 Å². The number of rotatable bonds is 9. The van der Waals surface area contributed by atoms with Crippen LogP contribution in [0.3, 0.4) is 0 Å². The Morgan fingerprint density at radius 2 is 1.18 bits per heavy atom. The van der Waals surface area contributed by atoms with Gasteiger partial charge >= 0.3 is 6.11 Å². The number of ether oxygens (including phenoxy) is 1. The molecule has 0 spiro atoms. The first kappa shape index (κ1) is 28.1. The summed E-state index contributed by atoms with van der Waals surface area (Å²) in [5.74, 6) is -10.7. The van der Waals surface area contributed by atoms with Crippen LogP contribution in [0.1, 0.15) is 35.6 Å². The largest absolute Gasteiger partial charge is 0.429 e. The van der Waals surface area contributed by atoms with Gasteiger partial charge in [0, 0.05) is 12.1 Å². The summed E-state index contributed by atoms with van der Waals surface area (Å²) in [6.07, 6.45) is -2.85. The standard InChI is InChI=1S/C30H22F8O/c1-2-3-17-4-6-18(7-5-17)21-11-9-19(24(31)14-21)8-10-20-12-13-23(28(35)27(20)34)30(37,38)39-22-15-25(32)29(36)26(33)16-22/h4-7,9,11-16H,2-3,8,10H2,1H3. The van der Waals surface area contributed by atoms with E-state index in [0.29, 0.717) is 11.6 Å². The van der Waals surface area contributed by atoms with Gasteiger partial charge in [0.2, 0.25) is 0 Å². The third kappa shape index (κ3) is 6.24. The third-order valence-corrected chi connectivity index (χ3v) is 6.22. The highest BCUT2D eigenvalue weighted by Gasteiger charge is 2.39. The average Bonchev–Trinajstić information content (AvgIpc) is 2.89. The molecular formula is C30H22F8O. The summed E-state index contributed by atoms with van der Waals surface area (Å²) in [5.41, 5.74) is 1.03. The van der Waals surface area contributed by atoms with E-state index in [1.807, 2.05) is 24.3 Å². The predicted octanol–water partition coefficient (Wildman–Crippen LogP) is 9.05.